The van der Waals surface area contributed by atoms with E-state index in [1.54, 1.807) is 6.07 Å². The topological polar surface area (TPSA) is 52.5 Å². The highest BCUT2D eigenvalue weighted by Crippen LogP contribution is 2.51. The number of fused-ring (bicyclic) bond motifs is 3. The first-order chi connectivity index (χ1) is 22.7. The van der Waals surface area contributed by atoms with Crippen LogP contribution in [0.3, 0.4) is 0 Å². The van der Waals surface area contributed by atoms with Crippen LogP contribution in [-0.2, 0) is 10.8 Å². The largest absolute Gasteiger partial charge is 0.506 e. The van der Waals surface area contributed by atoms with Crippen molar-refractivity contribution in [3.8, 4) is 17.0 Å². The molecule has 0 spiro atoms. The third-order valence-electron chi connectivity index (χ3n) is 7.44. The van der Waals surface area contributed by atoms with Crippen LogP contribution in [0.15, 0.2) is 85.1 Å². The van der Waals surface area contributed by atoms with Gasteiger partial charge in [-0.2, -0.15) is 0 Å². The monoisotopic (exact) mass is 537 g/mol. The Morgan fingerprint density at radius 2 is 1.52 bits per heavy atom. The second kappa shape index (κ2) is 9.09. The van der Waals surface area contributed by atoms with Gasteiger partial charge in [-0.3, -0.25) is 4.90 Å². The van der Waals surface area contributed by atoms with Crippen LogP contribution in [0, 0.1) is 0 Å². The Bertz CT molecular complexity index is 2030. The quantitative estimate of drug-likeness (QED) is 0.243. The van der Waals surface area contributed by atoms with Gasteiger partial charge >= 0.3 is 0 Å². The minimum absolute atomic E-state index is 0.0801. The molecular formula is C35H36N4O. The molecule has 0 unspecified atom stereocenters. The standard InChI is InChI=1S/C35H36N4O/c1-34(2,3)23-13-19-32(36-21-23)39-29-11-9-8-10-27(29)38(7)28-17-12-22(20-30(28)39)26-16-14-24-25(35(4,5)6)15-18-31(40)33(24)37-26/h8-21,40H,1-7H3/i4D3,5D3,6D3. The highest BCUT2D eigenvalue weighted by Gasteiger charge is 2.29. The van der Waals surface area contributed by atoms with E-state index in [2.05, 4.69) is 41.6 Å². The fourth-order valence-electron chi connectivity index (χ4n) is 5.24. The molecule has 0 saturated carbocycles. The normalized spacial score (nSPS) is 17.6. The lowest BCUT2D eigenvalue weighted by atomic mass is 9.84. The van der Waals surface area contributed by atoms with E-state index >= 15 is 0 Å². The summed E-state index contributed by atoms with van der Waals surface area (Å²) in [4.78, 5) is 13.7. The van der Waals surface area contributed by atoms with E-state index in [4.69, 9.17) is 17.3 Å². The van der Waals surface area contributed by atoms with Crippen LogP contribution in [0.2, 0.25) is 0 Å². The van der Waals surface area contributed by atoms with Crippen LogP contribution < -0.4 is 9.80 Å². The number of nitrogens with zero attached hydrogens (tertiary/aromatic N) is 4. The highest BCUT2D eigenvalue weighted by atomic mass is 16.3. The van der Waals surface area contributed by atoms with Crippen molar-refractivity contribution in [2.45, 2.75) is 52.2 Å². The van der Waals surface area contributed by atoms with Crippen molar-refractivity contribution >= 4 is 39.5 Å². The number of aromatic hydroxyl groups is 1. The van der Waals surface area contributed by atoms with Gasteiger partial charge < -0.3 is 10.0 Å². The van der Waals surface area contributed by atoms with Crippen molar-refractivity contribution in [3.05, 3.63) is 96.2 Å². The van der Waals surface area contributed by atoms with Crippen LogP contribution in [-0.4, -0.2) is 22.1 Å². The zero-order valence-corrected chi connectivity index (χ0v) is 22.8. The molecule has 202 valence electrons. The molecule has 3 aromatic carbocycles. The van der Waals surface area contributed by atoms with Crippen LogP contribution in [0.4, 0.5) is 28.6 Å². The molecule has 1 aliphatic rings. The van der Waals surface area contributed by atoms with Gasteiger partial charge in [0.05, 0.1) is 28.4 Å². The van der Waals surface area contributed by atoms with E-state index in [-0.39, 0.29) is 22.1 Å². The predicted octanol–water partition coefficient (Wildman–Crippen LogP) is 9.15. The molecule has 40 heavy (non-hydrogen) atoms. The van der Waals surface area contributed by atoms with Crippen molar-refractivity contribution in [1.29, 1.82) is 0 Å². The van der Waals surface area contributed by atoms with Gasteiger partial charge in [0, 0.05) is 36.5 Å². The molecule has 0 aliphatic carbocycles. The van der Waals surface area contributed by atoms with Crippen molar-refractivity contribution in [2.24, 2.45) is 0 Å². The molecule has 2 aromatic heterocycles. The van der Waals surface area contributed by atoms with Gasteiger partial charge in [0.2, 0.25) is 0 Å². The van der Waals surface area contributed by atoms with Crippen molar-refractivity contribution in [2.75, 3.05) is 16.8 Å². The molecule has 5 nitrogen and oxygen atoms in total. The molecule has 1 aliphatic heterocycles. The summed E-state index contributed by atoms with van der Waals surface area (Å²) >= 11 is 0. The van der Waals surface area contributed by atoms with Gasteiger partial charge in [-0.15, -0.1) is 0 Å². The fraction of sp³-hybridized carbons (Fsp3) is 0.257. The van der Waals surface area contributed by atoms with Crippen LogP contribution in [0.25, 0.3) is 22.2 Å². The van der Waals surface area contributed by atoms with E-state index in [1.165, 1.54) is 6.07 Å². The number of pyridine rings is 2. The Hall–Kier alpha value is -4.38. The lowest BCUT2D eigenvalue weighted by molar-refractivity contribution is 0.479. The van der Waals surface area contributed by atoms with Gasteiger partial charge in [-0.05, 0) is 64.4 Å². The average Bonchev–Trinajstić information content (AvgIpc) is 3.00. The Morgan fingerprint density at radius 1 is 0.775 bits per heavy atom. The maximum Gasteiger partial charge on any atom is 0.141 e. The smallest absolute Gasteiger partial charge is 0.141 e. The summed E-state index contributed by atoms with van der Waals surface area (Å²) in [5, 5.41) is 10.9. The molecule has 3 heterocycles. The van der Waals surface area contributed by atoms with Crippen molar-refractivity contribution < 1.29 is 17.4 Å². The average molecular weight is 538 g/mol. The van der Waals surface area contributed by atoms with E-state index < -0.39 is 31.5 Å². The molecule has 0 amide bonds. The predicted molar refractivity (Wildman–Crippen MR) is 167 cm³/mol. The number of rotatable bonds is 2. The van der Waals surface area contributed by atoms with Crippen LogP contribution in [0.5, 0.6) is 5.75 Å². The van der Waals surface area contributed by atoms with Gasteiger partial charge in [-0.25, -0.2) is 9.97 Å². The third kappa shape index (κ3) is 4.26. The first-order valence-corrected chi connectivity index (χ1v) is 13.1. The maximum atomic E-state index is 10.9. The minimum atomic E-state index is -3.46. The summed E-state index contributed by atoms with van der Waals surface area (Å²) in [5.74, 6) is 0.351. The third-order valence-corrected chi connectivity index (χ3v) is 7.44. The van der Waals surface area contributed by atoms with E-state index in [0.717, 1.165) is 40.4 Å². The van der Waals surface area contributed by atoms with Crippen LogP contribution in [0.1, 0.15) is 64.8 Å². The molecule has 0 saturated heterocycles. The summed E-state index contributed by atoms with van der Waals surface area (Å²) in [5.41, 5.74) is 1.81. The molecule has 5 aromatic rings. The van der Waals surface area contributed by atoms with E-state index in [0.29, 0.717) is 17.1 Å². The highest BCUT2D eigenvalue weighted by molar-refractivity contribution is 5.98. The Balaban J connectivity index is 1.55. The summed E-state index contributed by atoms with van der Waals surface area (Å²) < 4.78 is 73.8. The Labute approximate surface area is 249 Å². The first-order valence-electron chi connectivity index (χ1n) is 17.6. The zero-order valence-electron chi connectivity index (χ0n) is 31.8. The number of hydrogen-bond donors (Lipinski definition) is 1. The SMILES string of the molecule is [2H]C([2H])([2H])C(c1ccc(O)c2nc(-c3ccc4c(c3)N(c3ccc(C(C)(C)C)cn3)c3ccccc3N4C)ccc12)(C([2H])([2H])[2H])C([2H])([2H])[2H]. The summed E-state index contributed by atoms with van der Waals surface area (Å²) in [6.45, 7) is -4.00. The molecule has 0 atom stereocenters. The molecule has 1 N–H and O–H groups in total. The molecule has 0 radical (unpaired) electrons. The first kappa shape index (κ1) is 17.3. The van der Waals surface area contributed by atoms with Crippen molar-refractivity contribution in [1.82, 2.24) is 9.97 Å². The molecule has 5 heteroatoms. The van der Waals surface area contributed by atoms with Gasteiger partial charge in [0.25, 0.3) is 0 Å². The molecule has 0 fully saturated rings. The second-order valence-electron chi connectivity index (χ2n) is 11.2. The number of phenolic OH excluding ortho intramolecular Hbond substituents is 1. The second-order valence-corrected chi connectivity index (χ2v) is 11.2. The number of phenols is 1. The Kier molecular flexibility index (Phi) is 3.94. The number of benzene rings is 3. The summed E-state index contributed by atoms with van der Waals surface area (Å²) in [6, 6.07) is 22.9. The zero-order chi connectivity index (χ0) is 35.9. The van der Waals surface area contributed by atoms with E-state index in [9.17, 15) is 5.11 Å². The van der Waals surface area contributed by atoms with Gasteiger partial charge in [0.1, 0.15) is 17.1 Å². The molecule has 6 rings (SSSR count). The number of aromatic nitrogens is 2. The summed E-state index contributed by atoms with van der Waals surface area (Å²) in [6.07, 6.45) is 1.88. The number of anilines is 5. The van der Waals surface area contributed by atoms with Gasteiger partial charge in [0.15, 0.2) is 0 Å². The summed E-state index contributed by atoms with van der Waals surface area (Å²) in [7, 11) is 1.98. The van der Waals surface area contributed by atoms with Crippen LogP contribution >= 0.6 is 0 Å². The molecule has 0 bridgehead atoms. The number of para-hydroxylation sites is 2. The van der Waals surface area contributed by atoms with E-state index in [1.807, 2.05) is 61.8 Å². The lowest BCUT2D eigenvalue weighted by Crippen LogP contribution is -2.24. The molecular weight excluding hydrogens is 492 g/mol. The Morgan fingerprint density at radius 3 is 2.23 bits per heavy atom. The minimum Gasteiger partial charge on any atom is -0.506 e. The fourth-order valence-corrected chi connectivity index (χ4v) is 5.24. The lowest BCUT2D eigenvalue weighted by Gasteiger charge is -2.38. The number of hydrogen-bond acceptors (Lipinski definition) is 5. The van der Waals surface area contributed by atoms with Gasteiger partial charge in [-0.1, -0.05) is 77.7 Å². The van der Waals surface area contributed by atoms with Crippen molar-refractivity contribution in [3.63, 3.8) is 0 Å². The maximum absolute atomic E-state index is 10.9.